The van der Waals surface area contributed by atoms with Crippen LogP contribution in [0.1, 0.15) is 17.5 Å². The third-order valence-corrected chi connectivity index (χ3v) is 3.55. The maximum absolute atomic E-state index is 12.5. The normalized spacial score (nSPS) is 10.2. The number of hydrogen-bond donors (Lipinski definition) is 1. The first-order valence-corrected chi connectivity index (χ1v) is 7.84. The molecule has 2 N–H and O–H groups in total. The predicted octanol–water partition coefficient (Wildman–Crippen LogP) is 2.28. The summed E-state index contributed by atoms with van der Waals surface area (Å²) in [5.74, 6) is 0.0417. The molecule has 126 valence electrons. The Morgan fingerprint density at radius 1 is 1.08 bits per heavy atom. The molecule has 0 saturated carbocycles. The number of benzene rings is 2. The quantitative estimate of drug-likeness (QED) is 0.809. The smallest absolute Gasteiger partial charge is 0.260 e. The van der Waals surface area contributed by atoms with E-state index in [9.17, 15) is 9.59 Å². The van der Waals surface area contributed by atoms with Crippen molar-refractivity contribution in [3.8, 4) is 5.75 Å². The van der Waals surface area contributed by atoms with E-state index in [0.29, 0.717) is 12.3 Å². The van der Waals surface area contributed by atoms with Gasteiger partial charge in [0.2, 0.25) is 5.91 Å². The third-order valence-electron chi connectivity index (χ3n) is 3.55. The maximum Gasteiger partial charge on any atom is 0.260 e. The van der Waals surface area contributed by atoms with Gasteiger partial charge in [-0.3, -0.25) is 9.59 Å². The molecule has 0 fully saturated rings. The minimum Gasteiger partial charge on any atom is -0.484 e. The zero-order chi connectivity index (χ0) is 17.4. The van der Waals surface area contributed by atoms with E-state index < -0.39 is 5.91 Å². The Morgan fingerprint density at radius 2 is 1.83 bits per heavy atom. The second-order valence-corrected chi connectivity index (χ2v) is 5.62. The van der Waals surface area contributed by atoms with Gasteiger partial charge in [-0.05, 0) is 30.2 Å². The van der Waals surface area contributed by atoms with Crippen molar-refractivity contribution >= 4 is 11.8 Å². The van der Waals surface area contributed by atoms with Crippen molar-refractivity contribution < 1.29 is 14.3 Å². The van der Waals surface area contributed by atoms with E-state index in [2.05, 4.69) is 0 Å². The third kappa shape index (κ3) is 5.76. The van der Waals surface area contributed by atoms with E-state index in [4.69, 9.17) is 10.5 Å². The molecule has 0 aromatic heterocycles. The van der Waals surface area contributed by atoms with Crippen molar-refractivity contribution in [2.24, 2.45) is 5.73 Å². The molecule has 2 aromatic rings. The number of primary amides is 1. The Balaban J connectivity index is 1.99. The second kappa shape index (κ2) is 8.72. The first kappa shape index (κ1) is 17.5. The molecule has 0 aliphatic heterocycles. The Morgan fingerprint density at radius 3 is 2.50 bits per heavy atom. The number of nitrogens with zero attached hydrogens (tertiary/aromatic N) is 1. The van der Waals surface area contributed by atoms with Crippen LogP contribution in [0.5, 0.6) is 5.75 Å². The van der Waals surface area contributed by atoms with Crippen LogP contribution in [-0.2, 0) is 16.1 Å². The molecule has 0 heterocycles. The second-order valence-electron chi connectivity index (χ2n) is 5.62. The van der Waals surface area contributed by atoms with Gasteiger partial charge in [-0.2, -0.15) is 0 Å². The number of carbonyl (C=O) groups excluding carboxylic acids is 2. The molecule has 0 saturated heterocycles. The van der Waals surface area contributed by atoms with Crippen LogP contribution in [0.3, 0.4) is 0 Å². The zero-order valence-electron chi connectivity index (χ0n) is 13.8. The molecule has 0 aliphatic carbocycles. The fraction of sp³-hybridized carbons (Fsp3) is 0.263. The summed E-state index contributed by atoms with van der Waals surface area (Å²) in [6.45, 7) is 2.59. The van der Waals surface area contributed by atoms with Gasteiger partial charge in [-0.25, -0.2) is 0 Å². The van der Waals surface area contributed by atoms with Gasteiger partial charge in [0.05, 0.1) is 0 Å². The Bertz CT molecular complexity index is 686. The first-order chi connectivity index (χ1) is 11.5. The summed E-state index contributed by atoms with van der Waals surface area (Å²) in [5.41, 5.74) is 7.26. The molecule has 2 rings (SSSR count). The molecule has 5 nitrogen and oxygen atoms in total. The number of rotatable bonds is 8. The topological polar surface area (TPSA) is 72.6 Å². The van der Waals surface area contributed by atoms with Gasteiger partial charge in [0.25, 0.3) is 5.91 Å². The van der Waals surface area contributed by atoms with E-state index in [-0.39, 0.29) is 25.5 Å². The lowest BCUT2D eigenvalue weighted by Crippen LogP contribution is -2.36. The summed E-state index contributed by atoms with van der Waals surface area (Å²) in [5, 5.41) is 0. The fourth-order valence-electron chi connectivity index (χ4n) is 2.28. The van der Waals surface area contributed by atoms with Crippen LogP contribution in [0.25, 0.3) is 0 Å². The van der Waals surface area contributed by atoms with Gasteiger partial charge in [-0.15, -0.1) is 0 Å². The van der Waals surface area contributed by atoms with Crippen molar-refractivity contribution in [3.63, 3.8) is 0 Å². The number of ether oxygens (including phenoxy) is 1. The van der Waals surface area contributed by atoms with Crippen LogP contribution in [-0.4, -0.2) is 29.9 Å². The molecule has 5 heteroatoms. The van der Waals surface area contributed by atoms with Crippen molar-refractivity contribution in [2.45, 2.75) is 19.9 Å². The lowest BCUT2D eigenvalue weighted by molar-refractivity contribution is -0.134. The van der Waals surface area contributed by atoms with E-state index >= 15 is 0 Å². The molecule has 0 atom stereocenters. The summed E-state index contributed by atoms with van der Waals surface area (Å²) in [7, 11) is 0. The monoisotopic (exact) mass is 326 g/mol. The van der Waals surface area contributed by atoms with E-state index in [1.165, 1.54) is 0 Å². The largest absolute Gasteiger partial charge is 0.484 e. The van der Waals surface area contributed by atoms with Crippen molar-refractivity contribution in [3.05, 3.63) is 65.7 Å². The molecule has 24 heavy (non-hydrogen) atoms. The molecular formula is C19H22N2O3. The highest BCUT2D eigenvalue weighted by atomic mass is 16.5. The van der Waals surface area contributed by atoms with E-state index in [0.717, 1.165) is 11.1 Å². The summed E-state index contributed by atoms with van der Waals surface area (Å²) >= 11 is 0. The molecule has 2 amide bonds. The highest BCUT2D eigenvalue weighted by Crippen LogP contribution is 2.13. The van der Waals surface area contributed by atoms with E-state index in [1.807, 2.05) is 61.5 Å². The number of hydrogen-bond acceptors (Lipinski definition) is 3. The Labute approximate surface area is 142 Å². The summed E-state index contributed by atoms with van der Waals surface area (Å²) < 4.78 is 5.57. The number of aryl methyl sites for hydroxylation is 1. The van der Waals surface area contributed by atoms with Gasteiger partial charge in [0.15, 0.2) is 6.61 Å². The summed E-state index contributed by atoms with van der Waals surface area (Å²) in [4.78, 5) is 25.1. The van der Waals surface area contributed by atoms with Gasteiger partial charge >= 0.3 is 0 Å². The molecule has 0 radical (unpaired) electrons. The standard InChI is InChI=1S/C19H22N2O3/c1-15-6-5-9-17(12-15)24-14-19(23)21(11-10-18(20)22)13-16-7-3-2-4-8-16/h2-9,12H,10-11,13-14H2,1H3,(H2,20,22). The predicted molar refractivity (Wildman–Crippen MR) is 92.3 cm³/mol. The highest BCUT2D eigenvalue weighted by molar-refractivity contribution is 5.79. The minimum atomic E-state index is -0.430. The minimum absolute atomic E-state index is 0.0744. The Kier molecular flexibility index (Phi) is 6.37. The van der Waals surface area contributed by atoms with Crippen LogP contribution in [0.4, 0.5) is 0 Å². The highest BCUT2D eigenvalue weighted by Gasteiger charge is 2.15. The van der Waals surface area contributed by atoms with Gasteiger partial charge in [0, 0.05) is 19.5 Å². The summed E-state index contributed by atoms with van der Waals surface area (Å²) in [6.07, 6.45) is 0.128. The zero-order valence-corrected chi connectivity index (χ0v) is 13.8. The van der Waals surface area contributed by atoms with Crippen molar-refractivity contribution in [1.29, 1.82) is 0 Å². The maximum atomic E-state index is 12.5. The molecule has 0 aliphatic rings. The average molecular weight is 326 g/mol. The van der Waals surface area contributed by atoms with Gasteiger partial charge in [-0.1, -0.05) is 42.5 Å². The first-order valence-electron chi connectivity index (χ1n) is 7.84. The molecule has 2 aromatic carbocycles. The Hall–Kier alpha value is -2.82. The lowest BCUT2D eigenvalue weighted by atomic mass is 10.2. The van der Waals surface area contributed by atoms with Gasteiger partial charge < -0.3 is 15.4 Å². The van der Waals surface area contributed by atoms with Crippen LogP contribution < -0.4 is 10.5 Å². The number of carbonyl (C=O) groups is 2. The molecule has 0 spiro atoms. The van der Waals surface area contributed by atoms with Gasteiger partial charge in [0.1, 0.15) is 5.75 Å². The SMILES string of the molecule is Cc1cccc(OCC(=O)N(CCC(N)=O)Cc2ccccc2)c1. The van der Waals surface area contributed by atoms with Crippen LogP contribution in [0.15, 0.2) is 54.6 Å². The van der Waals surface area contributed by atoms with Crippen LogP contribution in [0, 0.1) is 6.92 Å². The number of nitrogens with two attached hydrogens (primary N) is 1. The summed E-state index contributed by atoms with van der Waals surface area (Å²) in [6, 6.07) is 17.1. The van der Waals surface area contributed by atoms with E-state index in [1.54, 1.807) is 4.90 Å². The average Bonchev–Trinajstić information content (AvgIpc) is 2.57. The molecular weight excluding hydrogens is 304 g/mol. The lowest BCUT2D eigenvalue weighted by Gasteiger charge is -2.22. The van der Waals surface area contributed by atoms with Crippen LogP contribution >= 0.6 is 0 Å². The fourth-order valence-corrected chi connectivity index (χ4v) is 2.28. The molecule has 0 unspecified atom stereocenters. The molecule has 0 bridgehead atoms. The van der Waals surface area contributed by atoms with Crippen molar-refractivity contribution in [1.82, 2.24) is 4.90 Å². The van der Waals surface area contributed by atoms with Crippen LogP contribution in [0.2, 0.25) is 0 Å². The van der Waals surface area contributed by atoms with Crippen molar-refractivity contribution in [2.75, 3.05) is 13.2 Å². The number of amides is 2.